The van der Waals surface area contributed by atoms with Gasteiger partial charge >= 0.3 is 5.97 Å². The highest BCUT2D eigenvalue weighted by Gasteiger charge is 2.19. The van der Waals surface area contributed by atoms with E-state index in [0.29, 0.717) is 5.56 Å². The Morgan fingerprint density at radius 2 is 1.95 bits per heavy atom. The van der Waals surface area contributed by atoms with Crippen LogP contribution in [0.4, 0.5) is 5.69 Å². The molecule has 0 saturated heterocycles. The lowest BCUT2D eigenvalue weighted by Crippen LogP contribution is -2.38. The van der Waals surface area contributed by atoms with Crippen LogP contribution in [0, 0.1) is 0 Å². The van der Waals surface area contributed by atoms with Crippen molar-refractivity contribution in [1.82, 2.24) is 0 Å². The van der Waals surface area contributed by atoms with Crippen LogP contribution < -0.4 is 4.90 Å². The van der Waals surface area contributed by atoms with E-state index in [1.807, 2.05) is 24.0 Å². The van der Waals surface area contributed by atoms with Gasteiger partial charge in [-0.3, -0.25) is 9.59 Å². The normalized spacial score (nSPS) is 11.8. The third-order valence-corrected chi connectivity index (χ3v) is 3.16. The highest BCUT2D eigenvalue weighted by molar-refractivity contribution is 5.75. The number of benzene rings is 1. The molecule has 0 fully saturated rings. The molecular weight excluding hydrogens is 254 g/mol. The molecule has 0 aliphatic rings. The summed E-state index contributed by atoms with van der Waals surface area (Å²) < 4.78 is 5.43. The summed E-state index contributed by atoms with van der Waals surface area (Å²) in [6.07, 6.45) is 3.43. The van der Waals surface area contributed by atoms with E-state index in [0.717, 1.165) is 37.8 Å². The molecule has 110 valence electrons. The molecule has 1 atom stereocenters. The van der Waals surface area contributed by atoms with Gasteiger partial charge in [0.25, 0.3) is 0 Å². The Bertz CT molecular complexity index is 428. The number of ether oxygens (including phenoxy) is 1. The Balaban J connectivity index is 2.91. The molecule has 4 nitrogen and oxygen atoms in total. The van der Waals surface area contributed by atoms with E-state index in [1.54, 1.807) is 12.1 Å². The first-order chi connectivity index (χ1) is 9.62. The summed E-state index contributed by atoms with van der Waals surface area (Å²) in [5.74, 6) is -0.269. The Kier molecular flexibility index (Phi) is 6.77. The van der Waals surface area contributed by atoms with Gasteiger partial charge in [-0.25, -0.2) is 0 Å². The highest BCUT2D eigenvalue weighted by atomic mass is 16.6. The zero-order chi connectivity index (χ0) is 15.0. The van der Waals surface area contributed by atoms with E-state index in [9.17, 15) is 9.59 Å². The second kappa shape index (κ2) is 8.35. The van der Waals surface area contributed by atoms with Gasteiger partial charge in [0.2, 0.25) is 0 Å². The van der Waals surface area contributed by atoms with Gasteiger partial charge in [-0.15, -0.1) is 0 Å². The van der Waals surface area contributed by atoms with Gasteiger partial charge in [-0.05, 0) is 37.6 Å². The molecule has 0 N–H and O–H groups in total. The van der Waals surface area contributed by atoms with Gasteiger partial charge in [-0.1, -0.05) is 13.3 Å². The van der Waals surface area contributed by atoms with Gasteiger partial charge in [0.15, 0.2) is 6.23 Å². The van der Waals surface area contributed by atoms with Gasteiger partial charge in [0.1, 0.15) is 6.29 Å². The Morgan fingerprint density at radius 3 is 2.40 bits per heavy atom. The maximum Gasteiger partial charge on any atom is 0.304 e. The smallest absolute Gasteiger partial charge is 0.304 e. The van der Waals surface area contributed by atoms with Crippen LogP contribution in [0.15, 0.2) is 24.3 Å². The fourth-order valence-corrected chi connectivity index (χ4v) is 2.15. The molecule has 0 aliphatic heterocycles. The molecule has 0 aliphatic carbocycles. The summed E-state index contributed by atoms with van der Waals surface area (Å²) in [7, 11) is 0. The lowest BCUT2D eigenvalue weighted by atomic mass is 10.1. The lowest BCUT2D eigenvalue weighted by Gasteiger charge is -2.32. The zero-order valence-electron chi connectivity index (χ0n) is 12.5. The predicted octanol–water partition coefficient (Wildman–Crippen LogP) is 3.40. The molecule has 0 radical (unpaired) electrons. The van der Waals surface area contributed by atoms with E-state index in [2.05, 4.69) is 6.92 Å². The molecule has 1 rings (SSSR count). The van der Waals surface area contributed by atoms with Crippen LogP contribution in [0.3, 0.4) is 0 Å². The monoisotopic (exact) mass is 277 g/mol. The summed E-state index contributed by atoms with van der Waals surface area (Å²) in [6.45, 7) is 6.31. The summed E-state index contributed by atoms with van der Waals surface area (Å²) >= 11 is 0. The highest BCUT2D eigenvalue weighted by Crippen LogP contribution is 2.21. The van der Waals surface area contributed by atoms with Crippen LogP contribution in [0.1, 0.15) is 50.4 Å². The van der Waals surface area contributed by atoms with Gasteiger partial charge in [0.05, 0.1) is 0 Å². The van der Waals surface area contributed by atoms with Crippen LogP contribution in [-0.4, -0.2) is 25.0 Å². The number of hydrogen-bond donors (Lipinski definition) is 0. The minimum Gasteiger partial charge on any atom is -0.442 e. The number of nitrogens with zero attached hydrogens (tertiary/aromatic N) is 1. The van der Waals surface area contributed by atoms with Crippen LogP contribution in [-0.2, 0) is 9.53 Å². The molecule has 20 heavy (non-hydrogen) atoms. The molecule has 0 saturated carbocycles. The first-order valence-electron chi connectivity index (χ1n) is 7.11. The first-order valence-corrected chi connectivity index (χ1v) is 7.11. The molecular formula is C16H23NO3. The Hall–Kier alpha value is -1.84. The number of anilines is 1. The molecule has 1 aromatic rings. The number of unbranched alkanes of at least 4 members (excludes halogenated alkanes) is 1. The van der Waals surface area contributed by atoms with E-state index in [-0.39, 0.29) is 12.2 Å². The summed E-state index contributed by atoms with van der Waals surface area (Å²) in [6, 6.07) is 7.32. The molecule has 0 bridgehead atoms. The molecule has 1 unspecified atom stereocenters. The number of carbonyl (C=O) groups excluding carboxylic acids is 2. The SMILES string of the molecule is CCCCC(OC(C)=O)N(CC)c1ccc(C=O)cc1. The lowest BCUT2D eigenvalue weighted by molar-refractivity contribution is -0.146. The van der Waals surface area contributed by atoms with Crippen molar-refractivity contribution in [2.24, 2.45) is 0 Å². The first kappa shape index (κ1) is 16.2. The van der Waals surface area contributed by atoms with Gasteiger partial charge in [0, 0.05) is 31.1 Å². The van der Waals surface area contributed by atoms with Gasteiger partial charge < -0.3 is 9.64 Å². The summed E-state index contributed by atoms with van der Waals surface area (Å²) in [4.78, 5) is 24.0. The van der Waals surface area contributed by atoms with Crippen molar-refractivity contribution in [2.45, 2.75) is 46.3 Å². The van der Waals surface area contributed by atoms with Crippen LogP contribution in [0.25, 0.3) is 0 Å². The molecule has 0 spiro atoms. The summed E-state index contributed by atoms with van der Waals surface area (Å²) in [5.41, 5.74) is 1.60. The largest absolute Gasteiger partial charge is 0.442 e. The number of aldehydes is 1. The summed E-state index contributed by atoms with van der Waals surface area (Å²) in [5, 5.41) is 0. The standard InChI is InChI=1S/C16H23NO3/c1-4-6-7-16(20-13(3)19)17(5-2)15-10-8-14(12-18)9-11-15/h8-12,16H,4-7H2,1-3H3. The van der Waals surface area contributed by atoms with Crippen molar-refractivity contribution in [2.75, 3.05) is 11.4 Å². The quantitative estimate of drug-likeness (QED) is 0.415. The van der Waals surface area contributed by atoms with Crippen molar-refractivity contribution in [3.63, 3.8) is 0 Å². The number of rotatable bonds is 8. The van der Waals surface area contributed by atoms with Crippen molar-refractivity contribution < 1.29 is 14.3 Å². The topological polar surface area (TPSA) is 46.6 Å². The van der Waals surface area contributed by atoms with E-state index >= 15 is 0 Å². The third-order valence-electron chi connectivity index (χ3n) is 3.16. The van der Waals surface area contributed by atoms with Crippen molar-refractivity contribution in [3.05, 3.63) is 29.8 Å². The number of esters is 1. The molecule has 0 aromatic heterocycles. The second-order valence-corrected chi connectivity index (χ2v) is 4.70. The van der Waals surface area contributed by atoms with Crippen molar-refractivity contribution in [3.8, 4) is 0 Å². The fourth-order valence-electron chi connectivity index (χ4n) is 2.15. The van der Waals surface area contributed by atoms with Crippen molar-refractivity contribution >= 4 is 17.9 Å². The zero-order valence-corrected chi connectivity index (χ0v) is 12.5. The predicted molar refractivity (Wildman–Crippen MR) is 79.9 cm³/mol. The minimum absolute atomic E-state index is 0.250. The van der Waals surface area contributed by atoms with E-state index in [4.69, 9.17) is 4.74 Å². The van der Waals surface area contributed by atoms with Gasteiger partial charge in [-0.2, -0.15) is 0 Å². The van der Waals surface area contributed by atoms with E-state index < -0.39 is 0 Å². The molecule has 0 amide bonds. The van der Waals surface area contributed by atoms with Crippen LogP contribution in [0.2, 0.25) is 0 Å². The third kappa shape index (κ3) is 4.68. The number of hydrogen-bond acceptors (Lipinski definition) is 4. The fraction of sp³-hybridized carbons (Fsp3) is 0.500. The molecule has 4 heteroatoms. The van der Waals surface area contributed by atoms with E-state index in [1.165, 1.54) is 6.92 Å². The maximum absolute atomic E-state index is 11.3. The molecule has 0 heterocycles. The second-order valence-electron chi connectivity index (χ2n) is 4.70. The molecule has 1 aromatic carbocycles. The minimum atomic E-state index is -0.269. The average molecular weight is 277 g/mol. The number of carbonyl (C=O) groups is 2. The maximum atomic E-state index is 11.3. The Morgan fingerprint density at radius 1 is 1.30 bits per heavy atom. The van der Waals surface area contributed by atoms with Crippen LogP contribution in [0.5, 0.6) is 0 Å². The average Bonchev–Trinajstić information content (AvgIpc) is 2.45. The van der Waals surface area contributed by atoms with Crippen molar-refractivity contribution in [1.29, 1.82) is 0 Å². The van der Waals surface area contributed by atoms with Crippen LogP contribution >= 0.6 is 0 Å². The Labute approximate surface area is 120 Å².